The van der Waals surface area contributed by atoms with Gasteiger partial charge < -0.3 is 10.2 Å². The fourth-order valence-electron chi connectivity index (χ4n) is 3.19. The number of amides is 2. The molecule has 136 valence electrons. The highest BCUT2D eigenvalue weighted by molar-refractivity contribution is 6.04. The Hall–Kier alpha value is -2.10. The van der Waals surface area contributed by atoms with Gasteiger partial charge >= 0.3 is 0 Å². The van der Waals surface area contributed by atoms with Gasteiger partial charge in [-0.15, -0.1) is 0 Å². The lowest BCUT2D eigenvalue weighted by atomic mass is 9.90. The summed E-state index contributed by atoms with van der Waals surface area (Å²) in [5.41, 5.74) is 1.42. The maximum atomic E-state index is 12.7. The predicted octanol–water partition coefficient (Wildman–Crippen LogP) is 3.68. The summed E-state index contributed by atoms with van der Waals surface area (Å²) < 4.78 is 0. The molecular formula is C21H30N2O2. The van der Waals surface area contributed by atoms with Crippen molar-refractivity contribution >= 4 is 11.8 Å². The van der Waals surface area contributed by atoms with E-state index in [1.807, 2.05) is 30.3 Å². The Morgan fingerprint density at radius 3 is 2.52 bits per heavy atom. The molecule has 1 aromatic rings. The summed E-state index contributed by atoms with van der Waals surface area (Å²) in [5.74, 6) is -0.362. The number of hydrogen-bond donors (Lipinski definition) is 1. The lowest BCUT2D eigenvalue weighted by molar-refractivity contribution is -0.148. The molecule has 0 spiro atoms. The van der Waals surface area contributed by atoms with Gasteiger partial charge in [0.05, 0.1) is 0 Å². The van der Waals surface area contributed by atoms with Crippen LogP contribution in [0.2, 0.25) is 0 Å². The number of carbonyl (C=O) groups is 2. The van der Waals surface area contributed by atoms with Crippen molar-refractivity contribution in [3.8, 4) is 0 Å². The van der Waals surface area contributed by atoms with Crippen molar-refractivity contribution in [2.45, 2.75) is 52.5 Å². The Morgan fingerprint density at radius 1 is 1.16 bits per heavy atom. The number of rotatable bonds is 7. The molecule has 0 saturated carbocycles. The zero-order valence-corrected chi connectivity index (χ0v) is 15.7. The molecule has 0 atom stereocenters. The smallest absolute Gasteiger partial charge is 0.237 e. The highest BCUT2D eigenvalue weighted by Crippen LogP contribution is 2.22. The average Bonchev–Trinajstić information content (AvgIpc) is 2.62. The van der Waals surface area contributed by atoms with Gasteiger partial charge in [-0.05, 0) is 51.5 Å². The van der Waals surface area contributed by atoms with Gasteiger partial charge in [-0.2, -0.15) is 0 Å². The molecule has 0 radical (unpaired) electrons. The van der Waals surface area contributed by atoms with E-state index in [1.54, 1.807) is 25.8 Å². The van der Waals surface area contributed by atoms with Gasteiger partial charge in [0.25, 0.3) is 0 Å². The number of hydrogen-bond acceptors (Lipinski definition) is 2. The molecule has 2 amide bonds. The summed E-state index contributed by atoms with van der Waals surface area (Å²) in [4.78, 5) is 26.9. The summed E-state index contributed by atoms with van der Waals surface area (Å²) in [6, 6.07) is 9.81. The van der Waals surface area contributed by atoms with Crippen LogP contribution in [0.4, 0.5) is 0 Å². The molecule has 0 bridgehead atoms. The lowest BCUT2D eigenvalue weighted by Gasteiger charge is -2.28. The van der Waals surface area contributed by atoms with Gasteiger partial charge in [0.2, 0.25) is 11.8 Å². The van der Waals surface area contributed by atoms with Crippen LogP contribution in [-0.2, 0) is 16.1 Å². The van der Waals surface area contributed by atoms with Crippen LogP contribution in [-0.4, -0.2) is 30.3 Å². The Kier molecular flexibility index (Phi) is 6.80. The van der Waals surface area contributed by atoms with Gasteiger partial charge in [0.15, 0.2) is 0 Å². The minimum atomic E-state index is -1.07. The first-order chi connectivity index (χ1) is 11.9. The van der Waals surface area contributed by atoms with E-state index in [0.717, 1.165) is 24.8 Å². The van der Waals surface area contributed by atoms with Crippen LogP contribution in [0.3, 0.4) is 0 Å². The molecule has 1 aromatic carbocycles. The Labute approximate surface area is 151 Å². The highest BCUT2D eigenvalue weighted by Gasteiger charge is 2.37. The van der Waals surface area contributed by atoms with E-state index in [9.17, 15) is 9.59 Å². The van der Waals surface area contributed by atoms with Crippen LogP contribution < -0.4 is 5.32 Å². The molecule has 0 heterocycles. The van der Waals surface area contributed by atoms with Crippen molar-refractivity contribution in [2.24, 2.45) is 5.41 Å². The topological polar surface area (TPSA) is 49.4 Å². The SMILES string of the molecule is CN(Cc1ccccc1)C(=O)C(C)(C)C(=O)NCCC1=CCCCC1. The number of allylic oxidation sites excluding steroid dienone is 1. The first kappa shape index (κ1) is 19.2. The van der Waals surface area contributed by atoms with Crippen molar-refractivity contribution in [3.63, 3.8) is 0 Å². The van der Waals surface area contributed by atoms with E-state index >= 15 is 0 Å². The van der Waals surface area contributed by atoms with Crippen LogP contribution in [0.1, 0.15) is 51.5 Å². The molecule has 1 aliphatic rings. The average molecular weight is 342 g/mol. The van der Waals surface area contributed by atoms with Gasteiger partial charge in [-0.3, -0.25) is 9.59 Å². The van der Waals surface area contributed by atoms with E-state index in [0.29, 0.717) is 13.1 Å². The molecule has 4 heteroatoms. The fourth-order valence-corrected chi connectivity index (χ4v) is 3.19. The van der Waals surface area contributed by atoms with Crippen molar-refractivity contribution in [3.05, 3.63) is 47.5 Å². The van der Waals surface area contributed by atoms with E-state index in [4.69, 9.17) is 0 Å². The fraction of sp³-hybridized carbons (Fsp3) is 0.524. The third-order valence-electron chi connectivity index (χ3n) is 4.83. The lowest BCUT2D eigenvalue weighted by Crippen LogP contribution is -2.48. The Balaban J connectivity index is 1.85. The van der Waals surface area contributed by atoms with Gasteiger partial charge in [0, 0.05) is 20.1 Å². The maximum absolute atomic E-state index is 12.7. The van der Waals surface area contributed by atoms with Crippen molar-refractivity contribution in [1.82, 2.24) is 10.2 Å². The van der Waals surface area contributed by atoms with Crippen LogP contribution >= 0.6 is 0 Å². The molecule has 0 fully saturated rings. The second-order valence-corrected chi connectivity index (χ2v) is 7.39. The second-order valence-electron chi connectivity index (χ2n) is 7.39. The third kappa shape index (κ3) is 5.45. The predicted molar refractivity (Wildman–Crippen MR) is 101 cm³/mol. The van der Waals surface area contributed by atoms with Crippen molar-refractivity contribution in [1.29, 1.82) is 0 Å². The summed E-state index contributed by atoms with van der Waals surface area (Å²) in [7, 11) is 1.75. The minimum Gasteiger partial charge on any atom is -0.355 e. The molecule has 4 nitrogen and oxygen atoms in total. The van der Waals surface area contributed by atoms with Gasteiger partial charge in [-0.25, -0.2) is 0 Å². The summed E-state index contributed by atoms with van der Waals surface area (Å²) in [5, 5.41) is 2.94. The van der Waals surface area contributed by atoms with Crippen LogP contribution in [0, 0.1) is 5.41 Å². The molecule has 0 aromatic heterocycles. The maximum Gasteiger partial charge on any atom is 0.237 e. The van der Waals surface area contributed by atoms with Gasteiger partial charge in [0.1, 0.15) is 5.41 Å². The largest absolute Gasteiger partial charge is 0.355 e. The molecule has 25 heavy (non-hydrogen) atoms. The van der Waals surface area contributed by atoms with Crippen LogP contribution in [0.5, 0.6) is 0 Å². The van der Waals surface area contributed by atoms with E-state index in [-0.39, 0.29) is 11.8 Å². The standard InChI is InChI=1S/C21H30N2O2/c1-21(2,19(24)22-15-14-17-10-6-4-7-11-17)20(25)23(3)16-18-12-8-5-9-13-18/h5,8-10,12-13H,4,6-7,11,14-16H2,1-3H3,(H,22,24). The molecule has 2 rings (SSSR count). The Morgan fingerprint density at radius 2 is 1.88 bits per heavy atom. The molecule has 0 aliphatic heterocycles. The van der Waals surface area contributed by atoms with Crippen molar-refractivity contribution < 1.29 is 9.59 Å². The first-order valence-corrected chi connectivity index (χ1v) is 9.17. The summed E-state index contributed by atoms with van der Waals surface area (Å²) in [6.45, 7) is 4.51. The quantitative estimate of drug-likeness (QED) is 0.607. The molecular weight excluding hydrogens is 312 g/mol. The number of benzene rings is 1. The van der Waals surface area contributed by atoms with E-state index in [1.165, 1.54) is 18.4 Å². The van der Waals surface area contributed by atoms with Crippen LogP contribution in [0.15, 0.2) is 42.0 Å². The zero-order chi connectivity index (χ0) is 18.3. The second kappa shape index (κ2) is 8.84. The number of nitrogens with one attached hydrogen (secondary N) is 1. The van der Waals surface area contributed by atoms with E-state index < -0.39 is 5.41 Å². The summed E-state index contributed by atoms with van der Waals surface area (Å²) in [6.07, 6.45) is 7.98. The summed E-state index contributed by atoms with van der Waals surface area (Å²) >= 11 is 0. The first-order valence-electron chi connectivity index (χ1n) is 9.17. The van der Waals surface area contributed by atoms with Crippen LogP contribution in [0.25, 0.3) is 0 Å². The highest BCUT2D eigenvalue weighted by atomic mass is 16.2. The molecule has 0 saturated heterocycles. The molecule has 1 N–H and O–H groups in total. The monoisotopic (exact) mass is 342 g/mol. The van der Waals surface area contributed by atoms with Gasteiger partial charge in [-0.1, -0.05) is 42.0 Å². The molecule has 1 aliphatic carbocycles. The zero-order valence-electron chi connectivity index (χ0n) is 15.7. The minimum absolute atomic E-state index is 0.161. The van der Waals surface area contributed by atoms with E-state index in [2.05, 4.69) is 11.4 Å². The number of carbonyl (C=O) groups excluding carboxylic acids is 2. The third-order valence-corrected chi connectivity index (χ3v) is 4.83. The normalized spacial score (nSPS) is 14.6. The number of nitrogens with zero attached hydrogens (tertiary/aromatic N) is 1. The molecule has 0 unspecified atom stereocenters. The Bertz CT molecular complexity index is 620. The van der Waals surface area contributed by atoms with Crippen molar-refractivity contribution in [2.75, 3.05) is 13.6 Å².